The summed E-state index contributed by atoms with van der Waals surface area (Å²) >= 11 is 1.20. The Morgan fingerprint density at radius 1 is 1.38 bits per heavy atom. The number of nitrogens with zero attached hydrogens (tertiary/aromatic N) is 2. The third kappa shape index (κ3) is 2.34. The largest absolute Gasteiger partial charge is 0.497 e. The van der Waals surface area contributed by atoms with Crippen LogP contribution >= 0.6 is 11.3 Å². The fraction of sp³-hybridized carbons (Fsp3) is 0.100. The second kappa shape index (κ2) is 4.71. The molecule has 1 N–H and O–H groups in total. The van der Waals surface area contributed by atoms with Crippen LogP contribution in [0.3, 0.4) is 0 Å². The normalized spacial score (nSPS) is 9.81. The van der Waals surface area contributed by atoms with Gasteiger partial charge >= 0.3 is 0 Å². The minimum Gasteiger partial charge on any atom is -0.497 e. The number of anilines is 1. The molecule has 0 saturated heterocycles. The van der Waals surface area contributed by atoms with Crippen LogP contribution in [0.5, 0.6) is 5.75 Å². The Bertz CT molecular complexity index is 467. The van der Waals surface area contributed by atoms with E-state index in [0.29, 0.717) is 10.7 Å². The van der Waals surface area contributed by atoms with E-state index >= 15 is 0 Å². The van der Waals surface area contributed by atoms with Gasteiger partial charge in [-0.15, -0.1) is 10.2 Å². The van der Waals surface area contributed by atoms with Crippen LogP contribution in [-0.4, -0.2) is 23.2 Å². The lowest BCUT2D eigenvalue weighted by Gasteiger charge is -2.03. The van der Waals surface area contributed by atoms with Crippen molar-refractivity contribution in [2.24, 2.45) is 0 Å². The van der Waals surface area contributed by atoms with Crippen LogP contribution in [0.4, 0.5) is 5.69 Å². The molecule has 82 valence electrons. The van der Waals surface area contributed by atoms with Crippen LogP contribution < -0.4 is 10.1 Å². The smallest absolute Gasteiger partial charge is 0.286 e. The molecule has 16 heavy (non-hydrogen) atoms. The van der Waals surface area contributed by atoms with E-state index in [2.05, 4.69) is 15.5 Å². The molecule has 0 spiro atoms. The topological polar surface area (TPSA) is 64.1 Å². The van der Waals surface area contributed by atoms with Crippen molar-refractivity contribution >= 4 is 22.9 Å². The van der Waals surface area contributed by atoms with E-state index in [1.54, 1.807) is 31.4 Å². The number of methoxy groups -OCH3 is 1. The molecule has 6 heteroatoms. The summed E-state index contributed by atoms with van der Waals surface area (Å²) in [6.45, 7) is 0. The van der Waals surface area contributed by atoms with Gasteiger partial charge in [0, 0.05) is 5.69 Å². The third-order valence-electron chi connectivity index (χ3n) is 1.90. The Labute approximate surface area is 96.1 Å². The highest BCUT2D eigenvalue weighted by Crippen LogP contribution is 2.16. The van der Waals surface area contributed by atoms with Gasteiger partial charge in [0.15, 0.2) is 0 Å². The lowest BCUT2D eigenvalue weighted by Crippen LogP contribution is -2.11. The summed E-state index contributed by atoms with van der Waals surface area (Å²) in [6.07, 6.45) is 0. The van der Waals surface area contributed by atoms with Crippen molar-refractivity contribution in [3.8, 4) is 5.75 Å². The molecule has 1 aromatic heterocycles. The van der Waals surface area contributed by atoms with Gasteiger partial charge in [-0.2, -0.15) is 0 Å². The molecule has 2 rings (SSSR count). The number of ether oxygens (including phenoxy) is 1. The van der Waals surface area contributed by atoms with Gasteiger partial charge < -0.3 is 10.1 Å². The van der Waals surface area contributed by atoms with Crippen LogP contribution in [0.15, 0.2) is 29.8 Å². The van der Waals surface area contributed by atoms with E-state index < -0.39 is 0 Å². The van der Waals surface area contributed by atoms with Crippen LogP contribution in [0.25, 0.3) is 0 Å². The first-order valence-corrected chi connectivity index (χ1v) is 5.39. The van der Waals surface area contributed by atoms with Gasteiger partial charge in [0.25, 0.3) is 5.91 Å². The first-order chi connectivity index (χ1) is 7.79. The number of amides is 1. The zero-order chi connectivity index (χ0) is 11.4. The van der Waals surface area contributed by atoms with E-state index in [1.807, 2.05) is 0 Å². The molecule has 5 nitrogen and oxygen atoms in total. The summed E-state index contributed by atoms with van der Waals surface area (Å²) in [5.74, 6) is 0.488. The van der Waals surface area contributed by atoms with Gasteiger partial charge in [-0.1, -0.05) is 11.3 Å². The Morgan fingerprint density at radius 2 is 2.12 bits per heavy atom. The second-order valence-electron chi connectivity index (χ2n) is 2.93. The quantitative estimate of drug-likeness (QED) is 0.881. The maximum atomic E-state index is 11.6. The standard InChI is InChI=1S/C10H9N3O2S/c1-15-8-4-2-7(3-5-8)12-9(14)10-13-11-6-16-10/h2-6H,1H3,(H,12,14). The van der Waals surface area contributed by atoms with E-state index in [1.165, 1.54) is 16.8 Å². The molecular weight excluding hydrogens is 226 g/mol. The van der Waals surface area contributed by atoms with E-state index in [0.717, 1.165) is 5.75 Å². The van der Waals surface area contributed by atoms with Crippen molar-refractivity contribution in [1.82, 2.24) is 10.2 Å². The van der Waals surface area contributed by atoms with Crippen LogP contribution in [0.2, 0.25) is 0 Å². The molecule has 1 heterocycles. The second-order valence-corrected chi connectivity index (χ2v) is 3.76. The van der Waals surface area contributed by atoms with Gasteiger partial charge in [-0.05, 0) is 24.3 Å². The predicted molar refractivity (Wildman–Crippen MR) is 60.9 cm³/mol. The van der Waals surface area contributed by atoms with Crippen molar-refractivity contribution in [3.05, 3.63) is 34.8 Å². The van der Waals surface area contributed by atoms with Crippen molar-refractivity contribution in [3.63, 3.8) is 0 Å². The van der Waals surface area contributed by atoms with Gasteiger partial charge in [0.2, 0.25) is 5.01 Å². The Hall–Kier alpha value is -1.95. The average Bonchev–Trinajstić information content (AvgIpc) is 2.83. The molecule has 0 fully saturated rings. The molecule has 0 radical (unpaired) electrons. The highest BCUT2D eigenvalue weighted by atomic mass is 32.1. The lowest BCUT2D eigenvalue weighted by molar-refractivity contribution is 0.102. The molecular formula is C10H9N3O2S. The minimum absolute atomic E-state index is 0.257. The number of carbonyl (C=O) groups is 1. The number of carbonyl (C=O) groups excluding carboxylic acids is 1. The molecule has 2 aromatic rings. The number of aromatic nitrogens is 2. The Balaban J connectivity index is 2.06. The molecule has 0 aliphatic rings. The predicted octanol–water partition coefficient (Wildman–Crippen LogP) is 1.80. The SMILES string of the molecule is COc1ccc(NC(=O)c2nncs2)cc1. The van der Waals surface area contributed by atoms with Gasteiger partial charge in [0.1, 0.15) is 11.3 Å². The zero-order valence-electron chi connectivity index (χ0n) is 8.51. The monoisotopic (exact) mass is 235 g/mol. The average molecular weight is 235 g/mol. The molecule has 1 aromatic carbocycles. The zero-order valence-corrected chi connectivity index (χ0v) is 9.32. The lowest BCUT2D eigenvalue weighted by atomic mass is 10.3. The highest BCUT2D eigenvalue weighted by Gasteiger charge is 2.09. The summed E-state index contributed by atoms with van der Waals surface area (Å²) in [5.41, 5.74) is 2.21. The molecule has 0 saturated carbocycles. The summed E-state index contributed by atoms with van der Waals surface area (Å²) in [4.78, 5) is 11.6. The van der Waals surface area contributed by atoms with Crippen molar-refractivity contribution < 1.29 is 9.53 Å². The fourth-order valence-corrected chi connectivity index (χ4v) is 1.58. The van der Waals surface area contributed by atoms with Crippen LogP contribution in [0.1, 0.15) is 9.80 Å². The Morgan fingerprint density at radius 3 is 2.69 bits per heavy atom. The summed E-state index contributed by atoms with van der Waals surface area (Å²) in [5, 5.41) is 10.3. The number of nitrogens with one attached hydrogen (secondary N) is 1. The summed E-state index contributed by atoms with van der Waals surface area (Å²) in [6, 6.07) is 7.07. The first-order valence-electron chi connectivity index (χ1n) is 4.51. The Kier molecular flexibility index (Phi) is 3.11. The molecule has 0 aliphatic carbocycles. The highest BCUT2D eigenvalue weighted by molar-refractivity contribution is 7.11. The van der Waals surface area contributed by atoms with Crippen molar-refractivity contribution in [2.75, 3.05) is 12.4 Å². The van der Waals surface area contributed by atoms with Crippen LogP contribution in [-0.2, 0) is 0 Å². The van der Waals surface area contributed by atoms with Gasteiger partial charge in [0.05, 0.1) is 7.11 Å². The molecule has 0 atom stereocenters. The molecule has 0 bridgehead atoms. The van der Waals surface area contributed by atoms with Crippen molar-refractivity contribution in [2.45, 2.75) is 0 Å². The van der Waals surface area contributed by atoms with E-state index in [9.17, 15) is 4.79 Å². The van der Waals surface area contributed by atoms with Gasteiger partial charge in [-0.25, -0.2) is 0 Å². The maximum Gasteiger partial charge on any atom is 0.286 e. The number of hydrogen-bond donors (Lipinski definition) is 1. The fourth-order valence-electron chi connectivity index (χ4n) is 1.13. The van der Waals surface area contributed by atoms with Gasteiger partial charge in [-0.3, -0.25) is 4.79 Å². The van der Waals surface area contributed by atoms with E-state index in [4.69, 9.17) is 4.74 Å². The first kappa shape index (κ1) is 10.6. The maximum absolute atomic E-state index is 11.6. The van der Waals surface area contributed by atoms with E-state index in [-0.39, 0.29) is 5.91 Å². The summed E-state index contributed by atoms with van der Waals surface area (Å²) in [7, 11) is 1.59. The van der Waals surface area contributed by atoms with Crippen LogP contribution in [0, 0.1) is 0 Å². The molecule has 0 unspecified atom stereocenters. The molecule has 0 aliphatic heterocycles. The minimum atomic E-state index is -0.257. The number of hydrogen-bond acceptors (Lipinski definition) is 5. The summed E-state index contributed by atoms with van der Waals surface area (Å²) < 4.78 is 5.01. The molecule has 1 amide bonds. The number of rotatable bonds is 3. The third-order valence-corrected chi connectivity index (χ3v) is 2.59. The van der Waals surface area contributed by atoms with Crippen molar-refractivity contribution in [1.29, 1.82) is 0 Å². The number of benzene rings is 1.